The highest BCUT2D eigenvalue weighted by Gasteiger charge is 2.43. The maximum atomic E-state index is 6.15. The molecule has 2 aliphatic rings. The number of fused-ring (bicyclic) bond motifs is 1. The normalized spacial score (nSPS) is 27.3. The Balaban J connectivity index is 1.37. The fourth-order valence-electron chi connectivity index (χ4n) is 3.76. The van der Waals surface area contributed by atoms with Crippen LogP contribution in [0.25, 0.3) is 0 Å². The first kappa shape index (κ1) is 16.1. The Kier molecular flexibility index (Phi) is 4.89. The van der Waals surface area contributed by atoms with E-state index in [0.717, 1.165) is 43.2 Å². The first-order valence-corrected chi connectivity index (χ1v) is 9.45. The number of pyridine rings is 1. The minimum absolute atomic E-state index is 0.175. The molecule has 0 unspecified atom stereocenters. The Morgan fingerprint density at radius 3 is 3.17 bits per heavy atom. The summed E-state index contributed by atoms with van der Waals surface area (Å²) in [5.74, 6) is 0. The molecule has 3 heterocycles. The van der Waals surface area contributed by atoms with E-state index in [0.29, 0.717) is 12.6 Å². The number of nitrogens with zero attached hydrogens (tertiary/aromatic N) is 3. The summed E-state index contributed by atoms with van der Waals surface area (Å²) in [4.78, 5) is 11.2. The third-order valence-electron chi connectivity index (χ3n) is 4.87. The van der Waals surface area contributed by atoms with Crippen LogP contribution in [0.4, 0.5) is 0 Å². The van der Waals surface area contributed by atoms with Crippen LogP contribution in [0.2, 0.25) is 0 Å². The van der Waals surface area contributed by atoms with Crippen LogP contribution in [-0.4, -0.2) is 46.3 Å². The second-order valence-electron chi connectivity index (χ2n) is 6.52. The molecular weight excluding hydrogens is 322 g/mol. The molecule has 1 aliphatic heterocycles. The van der Waals surface area contributed by atoms with E-state index in [1.165, 1.54) is 5.56 Å². The molecule has 0 radical (unpaired) electrons. The molecule has 1 saturated carbocycles. The number of rotatable bonds is 5. The third kappa shape index (κ3) is 3.52. The average molecular weight is 345 g/mol. The third-order valence-corrected chi connectivity index (χ3v) is 5.69. The highest BCUT2D eigenvalue weighted by atomic mass is 32.1. The zero-order valence-corrected chi connectivity index (χ0v) is 14.7. The number of morpholine rings is 1. The van der Waals surface area contributed by atoms with Gasteiger partial charge in [0.25, 0.3) is 0 Å². The Morgan fingerprint density at radius 1 is 1.42 bits per heavy atom. The Morgan fingerprint density at radius 2 is 2.38 bits per heavy atom. The topological polar surface area (TPSA) is 47.5 Å². The lowest BCUT2D eigenvalue weighted by Gasteiger charge is -2.39. The lowest BCUT2D eigenvalue weighted by molar-refractivity contribution is -0.119. The minimum atomic E-state index is 0.175. The van der Waals surface area contributed by atoms with Crippen molar-refractivity contribution in [2.45, 2.75) is 51.2 Å². The van der Waals surface area contributed by atoms with Crippen molar-refractivity contribution >= 4 is 11.3 Å². The van der Waals surface area contributed by atoms with Gasteiger partial charge >= 0.3 is 0 Å². The monoisotopic (exact) mass is 345 g/mol. The van der Waals surface area contributed by atoms with Gasteiger partial charge < -0.3 is 9.47 Å². The van der Waals surface area contributed by atoms with Gasteiger partial charge in [-0.2, -0.15) is 0 Å². The molecule has 2 aromatic heterocycles. The highest BCUT2D eigenvalue weighted by Crippen LogP contribution is 2.33. The predicted molar refractivity (Wildman–Crippen MR) is 92.8 cm³/mol. The molecule has 2 fully saturated rings. The van der Waals surface area contributed by atoms with Crippen LogP contribution in [0.1, 0.15) is 29.1 Å². The quantitative estimate of drug-likeness (QED) is 0.834. The molecule has 0 amide bonds. The first-order valence-electron chi connectivity index (χ1n) is 8.57. The molecule has 0 bridgehead atoms. The number of ether oxygens (including phenoxy) is 2. The second kappa shape index (κ2) is 7.27. The standard InChI is InChI=1S/C18H23N3O2S/c1-13-20-15(12-24-13)11-23-17-5-4-16-18(17)22-8-7-21(16)10-14-3-2-6-19-9-14/h2-3,6,9,12,16-18H,4-5,7-8,10-11H2,1H3/t16-,17+,18+/m0/s1. The molecular formula is C18H23N3O2S. The summed E-state index contributed by atoms with van der Waals surface area (Å²) in [6.45, 7) is 5.31. The highest BCUT2D eigenvalue weighted by molar-refractivity contribution is 7.09. The van der Waals surface area contributed by atoms with Crippen molar-refractivity contribution in [3.8, 4) is 0 Å². The van der Waals surface area contributed by atoms with Crippen LogP contribution in [0.3, 0.4) is 0 Å². The molecule has 3 atom stereocenters. The summed E-state index contributed by atoms with van der Waals surface area (Å²) in [5, 5.41) is 3.17. The summed E-state index contributed by atoms with van der Waals surface area (Å²) in [6, 6.07) is 4.59. The second-order valence-corrected chi connectivity index (χ2v) is 7.58. The van der Waals surface area contributed by atoms with Crippen molar-refractivity contribution < 1.29 is 9.47 Å². The van der Waals surface area contributed by atoms with Gasteiger partial charge in [-0.3, -0.25) is 9.88 Å². The van der Waals surface area contributed by atoms with Gasteiger partial charge in [-0.1, -0.05) is 6.07 Å². The fraction of sp³-hybridized carbons (Fsp3) is 0.556. The minimum Gasteiger partial charge on any atom is -0.373 e. The van der Waals surface area contributed by atoms with Crippen LogP contribution >= 0.6 is 11.3 Å². The van der Waals surface area contributed by atoms with E-state index >= 15 is 0 Å². The van der Waals surface area contributed by atoms with Gasteiger partial charge in [-0.05, 0) is 31.4 Å². The zero-order chi connectivity index (χ0) is 16.4. The van der Waals surface area contributed by atoms with Gasteiger partial charge in [0, 0.05) is 36.9 Å². The molecule has 128 valence electrons. The van der Waals surface area contributed by atoms with E-state index in [1.54, 1.807) is 11.3 Å². The van der Waals surface area contributed by atoms with Crippen molar-refractivity contribution in [2.24, 2.45) is 0 Å². The Labute approximate surface area is 146 Å². The molecule has 2 aromatic rings. The van der Waals surface area contributed by atoms with Crippen molar-refractivity contribution in [1.82, 2.24) is 14.9 Å². The number of aryl methyl sites for hydroxylation is 1. The number of aromatic nitrogens is 2. The first-order chi connectivity index (χ1) is 11.8. The van der Waals surface area contributed by atoms with Gasteiger partial charge in [0.15, 0.2) is 0 Å². The van der Waals surface area contributed by atoms with E-state index in [2.05, 4.69) is 26.3 Å². The largest absolute Gasteiger partial charge is 0.373 e. The van der Waals surface area contributed by atoms with Crippen LogP contribution in [0.5, 0.6) is 0 Å². The van der Waals surface area contributed by atoms with Gasteiger partial charge in [0.2, 0.25) is 0 Å². The summed E-state index contributed by atoms with van der Waals surface area (Å²) >= 11 is 1.67. The van der Waals surface area contributed by atoms with Crippen molar-refractivity contribution in [1.29, 1.82) is 0 Å². The zero-order valence-electron chi connectivity index (χ0n) is 13.9. The van der Waals surface area contributed by atoms with Crippen molar-refractivity contribution in [3.05, 3.63) is 46.2 Å². The number of hydrogen-bond donors (Lipinski definition) is 0. The van der Waals surface area contributed by atoms with Crippen molar-refractivity contribution in [3.63, 3.8) is 0 Å². The van der Waals surface area contributed by atoms with E-state index in [-0.39, 0.29) is 12.2 Å². The van der Waals surface area contributed by atoms with Crippen LogP contribution in [-0.2, 0) is 22.6 Å². The lowest BCUT2D eigenvalue weighted by Crippen LogP contribution is -2.51. The summed E-state index contributed by atoms with van der Waals surface area (Å²) in [5.41, 5.74) is 2.30. The summed E-state index contributed by atoms with van der Waals surface area (Å²) < 4.78 is 12.2. The Bertz CT molecular complexity index is 663. The molecule has 1 aliphatic carbocycles. The molecule has 24 heavy (non-hydrogen) atoms. The maximum Gasteiger partial charge on any atom is 0.0992 e. The molecule has 6 heteroatoms. The summed E-state index contributed by atoms with van der Waals surface area (Å²) in [7, 11) is 0. The van der Waals surface area contributed by atoms with Gasteiger partial charge in [0.1, 0.15) is 0 Å². The van der Waals surface area contributed by atoms with Gasteiger partial charge in [-0.15, -0.1) is 11.3 Å². The molecule has 5 nitrogen and oxygen atoms in total. The number of thiazole rings is 1. The van der Waals surface area contributed by atoms with Gasteiger partial charge in [0.05, 0.1) is 36.1 Å². The molecule has 0 aromatic carbocycles. The Hall–Kier alpha value is -1.34. The molecule has 0 N–H and O–H groups in total. The summed E-state index contributed by atoms with van der Waals surface area (Å²) in [6.07, 6.45) is 6.32. The van der Waals surface area contributed by atoms with Crippen LogP contribution in [0, 0.1) is 6.92 Å². The van der Waals surface area contributed by atoms with E-state index in [1.807, 2.05) is 25.4 Å². The number of hydrogen-bond acceptors (Lipinski definition) is 6. The van der Waals surface area contributed by atoms with Gasteiger partial charge in [-0.25, -0.2) is 4.98 Å². The van der Waals surface area contributed by atoms with E-state index in [9.17, 15) is 0 Å². The fourth-order valence-corrected chi connectivity index (χ4v) is 4.36. The SMILES string of the molecule is Cc1nc(CO[C@@H]2CC[C@H]3[C@H]2OCCN3Cc2cccnc2)cs1. The maximum absolute atomic E-state index is 6.15. The van der Waals surface area contributed by atoms with E-state index < -0.39 is 0 Å². The average Bonchev–Trinajstić information content (AvgIpc) is 3.21. The lowest BCUT2D eigenvalue weighted by atomic mass is 10.1. The van der Waals surface area contributed by atoms with Crippen molar-refractivity contribution in [2.75, 3.05) is 13.2 Å². The smallest absolute Gasteiger partial charge is 0.0992 e. The van der Waals surface area contributed by atoms with E-state index in [4.69, 9.17) is 9.47 Å². The predicted octanol–water partition coefficient (Wildman–Crippen LogP) is 2.80. The molecule has 0 spiro atoms. The molecule has 4 rings (SSSR count). The van der Waals surface area contributed by atoms with Crippen LogP contribution in [0.15, 0.2) is 29.9 Å². The van der Waals surface area contributed by atoms with Crippen LogP contribution < -0.4 is 0 Å². The molecule has 1 saturated heterocycles.